The van der Waals surface area contributed by atoms with Crippen LogP contribution in [0.1, 0.15) is 22.3 Å². The van der Waals surface area contributed by atoms with Gasteiger partial charge in [0, 0.05) is 37.7 Å². The number of benzene rings is 2. The lowest BCUT2D eigenvalue weighted by molar-refractivity contribution is -0.138. The zero-order chi connectivity index (χ0) is 22.8. The topological polar surface area (TPSA) is 64.1 Å². The van der Waals surface area contributed by atoms with Gasteiger partial charge in [-0.05, 0) is 42.7 Å². The minimum Gasteiger partial charge on any atom is -0.395 e. The van der Waals surface area contributed by atoms with Crippen LogP contribution >= 0.6 is 11.6 Å². The first-order chi connectivity index (χ1) is 15.4. The molecular formula is C25H28ClN3O3. The van der Waals surface area contributed by atoms with Crippen LogP contribution in [0.2, 0.25) is 5.02 Å². The molecule has 6 nitrogen and oxygen atoms in total. The molecule has 0 radical (unpaired) electrons. The summed E-state index contributed by atoms with van der Waals surface area (Å²) < 4.78 is 0. The van der Waals surface area contributed by atoms with E-state index in [4.69, 9.17) is 11.6 Å². The summed E-state index contributed by atoms with van der Waals surface area (Å²) in [6.07, 6.45) is 0. The molecule has 0 atom stereocenters. The number of carbonyl (C=O) groups excluding carboxylic acids is 2. The molecule has 2 aromatic rings. The van der Waals surface area contributed by atoms with E-state index in [1.165, 1.54) is 4.90 Å². The molecule has 0 aromatic heterocycles. The number of aryl methyl sites for hydroxylation is 2. The first-order valence-electron chi connectivity index (χ1n) is 10.9. The van der Waals surface area contributed by atoms with Crippen molar-refractivity contribution in [1.29, 1.82) is 0 Å². The zero-order valence-electron chi connectivity index (χ0n) is 18.5. The van der Waals surface area contributed by atoms with Crippen molar-refractivity contribution < 1.29 is 14.7 Å². The maximum absolute atomic E-state index is 13.6. The third-order valence-corrected chi connectivity index (χ3v) is 6.41. The Hall–Kier alpha value is -2.67. The Bertz CT molecular complexity index is 1060. The van der Waals surface area contributed by atoms with Crippen LogP contribution in [0.15, 0.2) is 48.2 Å². The highest BCUT2D eigenvalue weighted by Gasteiger charge is 2.42. The number of carbonyl (C=O) groups is 2. The van der Waals surface area contributed by atoms with E-state index in [0.29, 0.717) is 35.9 Å². The second-order valence-corrected chi connectivity index (χ2v) is 8.85. The van der Waals surface area contributed by atoms with Crippen LogP contribution in [0.3, 0.4) is 0 Å². The molecule has 1 saturated heterocycles. The highest BCUT2D eigenvalue weighted by Crippen LogP contribution is 2.35. The Labute approximate surface area is 193 Å². The van der Waals surface area contributed by atoms with Crippen molar-refractivity contribution in [3.63, 3.8) is 0 Å². The molecule has 2 aromatic carbocycles. The van der Waals surface area contributed by atoms with Gasteiger partial charge in [0.1, 0.15) is 5.70 Å². The smallest absolute Gasteiger partial charge is 0.278 e. The molecule has 4 rings (SSSR count). The molecule has 7 heteroatoms. The largest absolute Gasteiger partial charge is 0.395 e. The number of aliphatic hydroxyl groups is 1. The van der Waals surface area contributed by atoms with Crippen molar-refractivity contribution in [3.8, 4) is 0 Å². The van der Waals surface area contributed by atoms with E-state index in [-0.39, 0.29) is 25.0 Å². The average molecular weight is 454 g/mol. The summed E-state index contributed by atoms with van der Waals surface area (Å²) in [4.78, 5) is 32.7. The molecule has 2 amide bonds. The number of aliphatic hydroxyl groups excluding tert-OH is 1. The van der Waals surface area contributed by atoms with Crippen molar-refractivity contribution in [2.24, 2.45) is 0 Å². The first-order valence-corrected chi connectivity index (χ1v) is 11.3. The molecule has 0 aliphatic carbocycles. The number of β-amino-alcohol motifs (C(OH)–C–C–N with tert-alkyl or cyclic N) is 1. The third-order valence-electron chi connectivity index (χ3n) is 6.15. The van der Waals surface area contributed by atoms with E-state index in [1.54, 1.807) is 12.1 Å². The molecule has 0 unspecified atom stereocenters. The van der Waals surface area contributed by atoms with Gasteiger partial charge in [0.25, 0.3) is 11.8 Å². The summed E-state index contributed by atoms with van der Waals surface area (Å²) >= 11 is 6.00. The highest BCUT2D eigenvalue weighted by atomic mass is 35.5. The molecule has 2 aliphatic heterocycles. The fourth-order valence-electron chi connectivity index (χ4n) is 4.45. The predicted octanol–water partition coefficient (Wildman–Crippen LogP) is 2.85. The number of imide groups is 1. The molecule has 32 heavy (non-hydrogen) atoms. The van der Waals surface area contributed by atoms with Gasteiger partial charge in [-0.2, -0.15) is 0 Å². The number of hydrogen-bond donors (Lipinski definition) is 1. The van der Waals surface area contributed by atoms with Crippen molar-refractivity contribution in [1.82, 2.24) is 14.7 Å². The molecule has 0 spiro atoms. The van der Waals surface area contributed by atoms with Crippen molar-refractivity contribution in [3.05, 3.63) is 75.4 Å². The molecule has 2 aliphatic rings. The molecule has 1 fully saturated rings. The van der Waals surface area contributed by atoms with Gasteiger partial charge in [0.15, 0.2) is 0 Å². The number of halogens is 1. The Morgan fingerprint density at radius 3 is 2.25 bits per heavy atom. The second kappa shape index (κ2) is 9.45. The summed E-state index contributed by atoms with van der Waals surface area (Å²) in [7, 11) is 0. The fourth-order valence-corrected chi connectivity index (χ4v) is 4.57. The van der Waals surface area contributed by atoms with Gasteiger partial charge in [-0.25, -0.2) is 0 Å². The second-order valence-electron chi connectivity index (χ2n) is 8.42. The van der Waals surface area contributed by atoms with E-state index >= 15 is 0 Å². The summed E-state index contributed by atoms with van der Waals surface area (Å²) in [5.74, 6) is -0.514. The van der Waals surface area contributed by atoms with Crippen LogP contribution in [0.25, 0.3) is 5.57 Å². The Morgan fingerprint density at radius 1 is 0.938 bits per heavy atom. The van der Waals surface area contributed by atoms with Gasteiger partial charge in [-0.1, -0.05) is 47.5 Å². The van der Waals surface area contributed by atoms with Crippen molar-refractivity contribution in [2.45, 2.75) is 20.4 Å². The minimum atomic E-state index is -0.260. The van der Waals surface area contributed by atoms with Crippen LogP contribution in [-0.4, -0.2) is 71.0 Å². The summed E-state index contributed by atoms with van der Waals surface area (Å²) in [5.41, 5.74) is 4.72. The number of hydrogen-bond acceptors (Lipinski definition) is 5. The monoisotopic (exact) mass is 453 g/mol. The van der Waals surface area contributed by atoms with E-state index in [1.807, 2.05) is 49.1 Å². The van der Waals surface area contributed by atoms with E-state index in [0.717, 1.165) is 35.3 Å². The Kier molecular flexibility index (Phi) is 6.65. The lowest BCUT2D eigenvalue weighted by Crippen LogP contribution is -2.48. The maximum atomic E-state index is 13.6. The van der Waals surface area contributed by atoms with Gasteiger partial charge in [0.05, 0.1) is 18.7 Å². The van der Waals surface area contributed by atoms with Crippen LogP contribution < -0.4 is 0 Å². The van der Waals surface area contributed by atoms with Crippen molar-refractivity contribution >= 4 is 29.0 Å². The molecule has 1 N–H and O–H groups in total. The molecule has 0 saturated carbocycles. The number of nitrogens with zero attached hydrogens (tertiary/aromatic N) is 3. The summed E-state index contributed by atoms with van der Waals surface area (Å²) in [5, 5.41) is 9.84. The van der Waals surface area contributed by atoms with Crippen LogP contribution in [0.4, 0.5) is 0 Å². The SMILES string of the molecule is Cc1ccc(C2=C(N3CCN(CCO)CC3)C(=O)N(Cc3ccc(Cl)cc3)C2=O)c(C)c1. The van der Waals surface area contributed by atoms with E-state index in [2.05, 4.69) is 4.90 Å². The zero-order valence-corrected chi connectivity index (χ0v) is 19.2. The van der Waals surface area contributed by atoms with E-state index < -0.39 is 0 Å². The standard InChI is InChI=1S/C25H28ClN3O3/c1-17-3-8-21(18(2)15-17)22-23(28-11-9-27(10-12-28)13-14-30)25(32)29(24(22)31)16-19-4-6-20(26)7-5-19/h3-8,15,30H,9-14,16H2,1-2H3. The quantitative estimate of drug-likeness (QED) is 0.681. The first kappa shape index (κ1) is 22.5. The summed E-state index contributed by atoms with van der Waals surface area (Å²) in [6, 6.07) is 13.2. The minimum absolute atomic E-state index is 0.114. The molecule has 2 heterocycles. The van der Waals surface area contributed by atoms with Crippen LogP contribution in [-0.2, 0) is 16.1 Å². The number of amides is 2. The van der Waals surface area contributed by atoms with Gasteiger partial charge in [-0.15, -0.1) is 0 Å². The predicted molar refractivity (Wildman–Crippen MR) is 125 cm³/mol. The Morgan fingerprint density at radius 2 is 1.62 bits per heavy atom. The van der Waals surface area contributed by atoms with Crippen LogP contribution in [0.5, 0.6) is 0 Å². The van der Waals surface area contributed by atoms with Crippen molar-refractivity contribution in [2.75, 3.05) is 39.3 Å². The summed E-state index contributed by atoms with van der Waals surface area (Å²) in [6.45, 7) is 7.68. The normalized spacial score (nSPS) is 17.6. The van der Waals surface area contributed by atoms with Gasteiger partial charge in [0.2, 0.25) is 0 Å². The highest BCUT2D eigenvalue weighted by molar-refractivity contribution is 6.35. The van der Waals surface area contributed by atoms with E-state index in [9.17, 15) is 14.7 Å². The number of rotatable bonds is 6. The Balaban J connectivity index is 1.70. The lowest BCUT2D eigenvalue weighted by atomic mass is 9.97. The number of piperazine rings is 1. The third kappa shape index (κ3) is 4.44. The molecular weight excluding hydrogens is 426 g/mol. The van der Waals surface area contributed by atoms with Gasteiger partial charge in [-0.3, -0.25) is 19.4 Å². The van der Waals surface area contributed by atoms with Gasteiger partial charge < -0.3 is 10.0 Å². The van der Waals surface area contributed by atoms with Crippen LogP contribution in [0, 0.1) is 13.8 Å². The maximum Gasteiger partial charge on any atom is 0.278 e. The average Bonchev–Trinajstić information content (AvgIpc) is 3.01. The van der Waals surface area contributed by atoms with Gasteiger partial charge >= 0.3 is 0 Å². The lowest BCUT2D eigenvalue weighted by Gasteiger charge is -2.36. The molecule has 0 bridgehead atoms. The fraction of sp³-hybridized carbons (Fsp3) is 0.360. The molecule has 168 valence electrons.